The van der Waals surface area contributed by atoms with Crippen molar-refractivity contribution in [2.45, 2.75) is 19.4 Å². The van der Waals surface area contributed by atoms with Gasteiger partial charge in [-0.25, -0.2) is 0 Å². The molecule has 1 amide bonds. The molecule has 21 heavy (non-hydrogen) atoms. The van der Waals surface area contributed by atoms with Gasteiger partial charge in [-0.3, -0.25) is 4.79 Å². The Morgan fingerprint density at radius 2 is 2.00 bits per heavy atom. The van der Waals surface area contributed by atoms with Gasteiger partial charge in [-0.1, -0.05) is 18.2 Å². The standard InChI is InChI=1S/C17H18N2O2/c20-15-8-6-13(7-9-15)17(21)19-11-14-4-1-3-12-5-2-10-18-16(12)14/h1,3-4,6-9,18,20H,2,5,10-11H2,(H,19,21). The quantitative estimate of drug-likeness (QED) is 0.811. The summed E-state index contributed by atoms with van der Waals surface area (Å²) < 4.78 is 0. The number of aryl methyl sites for hydroxylation is 1. The highest BCUT2D eigenvalue weighted by atomic mass is 16.3. The average molecular weight is 282 g/mol. The summed E-state index contributed by atoms with van der Waals surface area (Å²) in [6.45, 7) is 1.48. The van der Waals surface area contributed by atoms with Crippen molar-refractivity contribution in [3.63, 3.8) is 0 Å². The van der Waals surface area contributed by atoms with Crippen molar-refractivity contribution in [3.8, 4) is 5.75 Å². The molecule has 1 aliphatic rings. The van der Waals surface area contributed by atoms with E-state index in [1.54, 1.807) is 12.1 Å². The Kier molecular flexibility index (Phi) is 3.77. The van der Waals surface area contributed by atoms with E-state index < -0.39 is 0 Å². The molecular weight excluding hydrogens is 264 g/mol. The maximum atomic E-state index is 12.1. The first-order valence-electron chi connectivity index (χ1n) is 7.16. The number of amides is 1. The van der Waals surface area contributed by atoms with E-state index in [1.165, 1.54) is 17.7 Å². The fourth-order valence-corrected chi connectivity index (χ4v) is 2.62. The molecule has 4 nitrogen and oxygen atoms in total. The minimum Gasteiger partial charge on any atom is -0.508 e. The lowest BCUT2D eigenvalue weighted by molar-refractivity contribution is 0.0951. The van der Waals surface area contributed by atoms with Gasteiger partial charge in [0.15, 0.2) is 0 Å². The zero-order chi connectivity index (χ0) is 14.7. The summed E-state index contributed by atoms with van der Waals surface area (Å²) in [4.78, 5) is 12.1. The summed E-state index contributed by atoms with van der Waals surface area (Å²) in [5, 5.41) is 15.6. The number of hydrogen-bond acceptors (Lipinski definition) is 3. The molecule has 0 spiro atoms. The molecule has 0 aromatic heterocycles. The maximum absolute atomic E-state index is 12.1. The number of para-hydroxylation sites is 1. The Morgan fingerprint density at radius 1 is 1.19 bits per heavy atom. The summed E-state index contributed by atoms with van der Waals surface area (Å²) in [6, 6.07) is 12.5. The molecular formula is C17H18N2O2. The van der Waals surface area contributed by atoms with Crippen molar-refractivity contribution in [2.24, 2.45) is 0 Å². The normalized spacial score (nSPS) is 13.1. The van der Waals surface area contributed by atoms with Gasteiger partial charge in [0.05, 0.1) is 0 Å². The highest BCUT2D eigenvalue weighted by Crippen LogP contribution is 2.25. The minimum absolute atomic E-state index is 0.136. The summed E-state index contributed by atoms with van der Waals surface area (Å²) in [5.74, 6) is 0.0243. The van der Waals surface area contributed by atoms with Crippen molar-refractivity contribution in [2.75, 3.05) is 11.9 Å². The van der Waals surface area contributed by atoms with Crippen molar-refractivity contribution >= 4 is 11.6 Å². The third-order valence-electron chi connectivity index (χ3n) is 3.73. The first kappa shape index (κ1) is 13.5. The lowest BCUT2D eigenvalue weighted by Gasteiger charge is -2.21. The summed E-state index contributed by atoms with van der Waals surface area (Å²) in [6.07, 6.45) is 2.23. The van der Waals surface area contributed by atoms with Crippen LogP contribution in [0.5, 0.6) is 5.75 Å². The van der Waals surface area contributed by atoms with E-state index in [0.29, 0.717) is 12.1 Å². The Morgan fingerprint density at radius 3 is 2.81 bits per heavy atom. The zero-order valence-corrected chi connectivity index (χ0v) is 11.7. The molecule has 0 saturated carbocycles. The van der Waals surface area contributed by atoms with Crippen LogP contribution in [0.3, 0.4) is 0 Å². The van der Waals surface area contributed by atoms with Crippen molar-refractivity contribution in [3.05, 3.63) is 59.2 Å². The van der Waals surface area contributed by atoms with E-state index in [2.05, 4.69) is 16.7 Å². The Labute approximate surface area is 123 Å². The van der Waals surface area contributed by atoms with Crippen LogP contribution in [-0.2, 0) is 13.0 Å². The van der Waals surface area contributed by atoms with Gasteiger partial charge in [-0.15, -0.1) is 0 Å². The molecule has 108 valence electrons. The molecule has 0 fully saturated rings. The van der Waals surface area contributed by atoms with Crippen molar-refractivity contribution < 1.29 is 9.90 Å². The van der Waals surface area contributed by atoms with Gasteiger partial charge < -0.3 is 15.7 Å². The number of hydrogen-bond donors (Lipinski definition) is 3. The molecule has 0 aliphatic carbocycles. The fourth-order valence-electron chi connectivity index (χ4n) is 2.62. The van der Waals surface area contributed by atoms with Gasteiger partial charge in [-0.05, 0) is 48.2 Å². The van der Waals surface area contributed by atoms with Crippen LogP contribution >= 0.6 is 0 Å². The second kappa shape index (κ2) is 5.87. The molecule has 0 bridgehead atoms. The van der Waals surface area contributed by atoms with Gasteiger partial charge >= 0.3 is 0 Å². The summed E-state index contributed by atoms with van der Waals surface area (Å²) in [5.41, 5.74) is 4.14. The van der Waals surface area contributed by atoms with E-state index in [9.17, 15) is 9.90 Å². The first-order chi connectivity index (χ1) is 10.2. The zero-order valence-electron chi connectivity index (χ0n) is 11.7. The molecule has 2 aromatic rings. The predicted molar refractivity (Wildman–Crippen MR) is 82.5 cm³/mol. The third kappa shape index (κ3) is 2.99. The van der Waals surface area contributed by atoms with Crippen LogP contribution in [0.15, 0.2) is 42.5 Å². The van der Waals surface area contributed by atoms with Crippen LogP contribution in [-0.4, -0.2) is 17.6 Å². The number of benzene rings is 2. The number of carbonyl (C=O) groups is 1. The number of rotatable bonds is 3. The molecule has 0 atom stereocenters. The van der Waals surface area contributed by atoms with E-state index in [1.807, 2.05) is 12.1 Å². The lowest BCUT2D eigenvalue weighted by Crippen LogP contribution is -2.24. The molecule has 2 aromatic carbocycles. The molecule has 0 radical (unpaired) electrons. The van der Waals surface area contributed by atoms with Crippen LogP contribution in [0.4, 0.5) is 5.69 Å². The summed E-state index contributed by atoms with van der Waals surface area (Å²) in [7, 11) is 0. The van der Waals surface area contributed by atoms with Gasteiger partial charge in [0.2, 0.25) is 0 Å². The molecule has 0 unspecified atom stereocenters. The number of nitrogens with one attached hydrogen (secondary N) is 2. The second-order valence-electron chi connectivity index (χ2n) is 5.21. The Balaban J connectivity index is 1.70. The lowest BCUT2D eigenvalue weighted by atomic mass is 9.99. The van der Waals surface area contributed by atoms with Crippen molar-refractivity contribution in [1.29, 1.82) is 0 Å². The van der Waals surface area contributed by atoms with E-state index >= 15 is 0 Å². The van der Waals surface area contributed by atoms with Crippen LogP contribution in [0.1, 0.15) is 27.9 Å². The smallest absolute Gasteiger partial charge is 0.251 e. The van der Waals surface area contributed by atoms with Gasteiger partial charge in [-0.2, -0.15) is 0 Å². The van der Waals surface area contributed by atoms with Crippen LogP contribution in [0, 0.1) is 0 Å². The molecule has 3 N–H and O–H groups in total. The summed E-state index contributed by atoms with van der Waals surface area (Å²) >= 11 is 0. The van der Waals surface area contributed by atoms with E-state index in [0.717, 1.165) is 30.6 Å². The Hall–Kier alpha value is -2.49. The van der Waals surface area contributed by atoms with E-state index in [4.69, 9.17) is 0 Å². The largest absolute Gasteiger partial charge is 0.508 e. The number of phenols is 1. The molecule has 1 heterocycles. The highest BCUT2D eigenvalue weighted by molar-refractivity contribution is 5.94. The van der Waals surface area contributed by atoms with Crippen molar-refractivity contribution in [1.82, 2.24) is 5.32 Å². The highest BCUT2D eigenvalue weighted by Gasteiger charge is 2.13. The number of fused-ring (bicyclic) bond motifs is 1. The topological polar surface area (TPSA) is 61.4 Å². The van der Waals surface area contributed by atoms with Crippen LogP contribution in [0.2, 0.25) is 0 Å². The van der Waals surface area contributed by atoms with Gasteiger partial charge in [0.1, 0.15) is 5.75 Å². The van der Waals surface area contributed by atoms with E-state index in [-0.39, 0.29) is 11.7 Å². The van der Waals surface area contributed by atoms with Crippen LogP contribution < -0.4 is 10.6 Å². The number of carbonyl (C=O) groups excluding carboxylic acids is 1. The molecule has 1 aliphatic heterocycles. The van der Waals surface area contributed by atoms with Gasteiger partial charge in [0.25, 0.3) is 5.91 Å². The number of anilines is 1. The first-order valence-corrected chi connectivity index (χ1v) is 7.16. The molecule has 0 saturated heterocycles. The Bertz CT molecular complexity index is 650. The SMILES string of the molecule is O=C(NCc1cccc2c1NCCC2)c1ccc(O)cc1. The maximum Gasteiger partial charge on any atom is 0.251 e. The molecule has 3 rings (SSSR count). The second-order valence-corrected chi connectivity index (χ2v) is 5.21. The number of aromatic hydroxyl groups is 1. The van der Waals surface area contributed by atoms with Gasteiger partial charge in [0, 0.05) is 24.3 Å². The fraction of sp³-hybridized carbons (Fsp3) is 0.235. The number of phenolic OH excluding ortho intramolecular Hbond substituents is 1. The van der Waals surface area contributed by atoms with Crippen LogP contribution in [0.25, 0.3) is 0 Å². The minimum atomic E-state index is -0.136. The monoisotopic (exact) mass is 282 g/mol. The average Bonchev–Trinajstić information content (AvgIpc) is 2.53. The third-order valence-corrected chi connectivity index (χ3v) is 3.73. The molecule has 4 heteroatoms. The predicted octanol–water partition coefficient (Wildman–Crippen LogP) is 2.68.